The highest BCUT2D eigenvalue weighted by atomic mass is 35.5. The molecule has 0 radical (unpaired) electrons. The molecule has 0 aliphatic carbocycles. The van der Waals surface area contributed by atoms with Crippen molar-refractivity contribution < 1.29 is 0 Å². The van der Waals surface area contributed by atoms with Crippen molar-refractivity contribution in [3.05, 3.63) is 63.4 Å². The van der Waals surface area contributed by atoms with E-state index in [9.17, 15) is 0 Å². The zero-order chi connectivity index (χ0) is 16.8. The standard InChI is InChI=1S/C13H3Cl9/c14-3-1-4(15)6(5(16)2-3)8(17)7-9(18)11(20)13(22)12(21)10(7)19/h1-2,8H. The van der Waals surface area contributed by atoms with Crippen LogP contribution in [0.15, 0.2) is 12.1 Å². The van der Waals surface area contributed by atoms with E-state index in [1.807, 2.05) is 0 Å². The van der Waals surface area contributed by atoms with Crippen LogP contribution in [0.4, 0.5) is 0 Å². The van der Waals surface area contributed by atoms with Crippen LogP contribution in [0.1, 0.15) is 16.5 Å². The fourth-order valence-corrected chi connectivity index (χ4v) is 4.87. The molecule has 0 N–H and O–H groups in total. The SMILES string of the molecule is Clc1cc(Cl)c(C(Cl)c2c(Cl)c(Cl)c(Cl)c(Cl)c2Cl)c(Cl)c1. The third kappa shape index (κ3) is 3.52. The summed E-state index contributed by atoms with van der Waals surface area (Å²) in [6.45, 7) is 0. The van der Waals surface area contributed by atoms with Gasteiger partial charge in [-0.1, -0.05) is 92.8 Å². The Morgan fingerprint density at radius 2 is 0.909 bits per heavy atom. The molecule has 2 rings (SSSR count). The quantitative estimate of drug-likeness (QED) is 0.229. The van der Waals surface area contributed by atoms with E-state index in [2.05, 4.69) is 0 Å². The second-order valence-corrected chi connectivity index (χ2v) is 7.71. The van der Waals surface area contributed by atoms with Crippen molar-refractivity contribution in [3.8, 4) is 0 Å². The van der Waals surface area contributed by atoms with Gasteiger partial charge in [-0.25, -0.2) is 0 Å². The normalized spacial score (nSPS) is 12.6. The van der Waals surface area contributed by atoms with Crippen molar-refractivity contribution in [2.45, 2.75) is 5.38 Å². The highest BCUT2D eigenvalue weighted by molar-refractivity contribution is 6.55. The maximum Gasteiger partial charge on any atom is 0.0894 e. The summed E-state index contributed by atoms with van der Waals surface area (Å²) in [6.07, 6.45) is 0. The number of hydrogen-bond acceptors (Lipinski definition) is 0. The maximum absolute atomic E-state index is 6.46. The summed E-state index contributed by atoms with van der Waals surface area (Å²) in [5.74, 6) is 0. The molecule has 0 heterocycles. The smallest absolute Gasteiger partial charge is 0.0894 e. The average Bonchev–Trinajstić information content (AvgIpc) is 2.42. The molecule has 0 spiro atoms. The van der Waals surface area contributed by atoms with Crippen molar-refractivity contribution >= 4 is 104 Å². The van der Waals surface area contributed by atoms with Crippen LogP contribution in [0.3, 0.4) is 0 Å². The second-order valence-electron chi connectivity index (χ2n) is 4.13. The molecular formula is C13H3Cl9. The molecule has 0 aromatic heterocycles. The fourth-order valence-electron chi connectivity index (χ4n) is 1.78. The summed E-state index contributed by atoms with van der Waals surface area (Å²) in [5, 5.41) is 0.250. The van der Waals surface area contributed by atoms with E-state index in [4.69, 9.17) is 104 Å². The van der Waals surface area contributed by atoms with E-state index in [1.54, 1.807) is 0 Å². The predicted molar refractivity (Wildman–Crippen MR) is 101 cm³/mol. The molecule has 1 unspecified atom stereocenters. The molecule has 0 fully saturated rings. The molecule has 0 aliphatic rings. The predicted octanol–water partition coefficient (Wildman–Crippen LogP) is 9.24. The first kappa shape index (κ1) is 19.4. The van der Waals surface area contributed by atoms with Crippen LogP contribution in [-0.2, 0) is 0 Å². The van der Waals surface area contributed by atoms with Gasteiger partial charge in [-0.2, -0.15) is 0 Å². The minimum Gasteiger partial charge on any atom is -0.112 e. The molecule has 9 heteroatoms. The van der Waals surface area contributed by atoms with E-state index >= 15 is 0 Å². The van der Waals surface area contributed by atoms with Gasteiger partial charge in [-0.15, -0.1) is 11.6 Å². The summed E-state index contributed by atoms with van der Waals surface area (Å²) in [5.41, 5.74) is 0.642. The largest absolute Gasteiger partial charge is 0.112 e. The number of rotatable bonds is 2. The van der Waals surface area contributed by atoms with Gasteiger partial charge in [0.1, 0.15) is 0 Å². The summed E-state index contributed by atoms with van der Waals surface area (Å²) < 4.78 is 0. The monoisotopic (exact) mass is 474 g/mol. The molecule has 2 aromatic rings. The van der Waals surface area contributed by atoms with Crippen LogP contribution in [0.5, 0.6) is 0 Å². The van der Waals surface area contributed by atoms with Crippen molar-refractivity contribution in [2.24, 2.45) is 0 Å². The Morgan fingerprint density at radius 3 is 1.32 bits per heavy atom. The molecular weight excluding hydrogens is 475 g/mol. The van der Waals surface area contributed by atoms with Crippen LogP contribution in [0, 0.1) is 0 Å². The topological polar surface area (TPSA) is 0 Å². The Balaban J connectivity index is 2.73. The van der Waals surface area contributed by atoms with E-state index in [-0.39, 0.29) is 40.7 Å². The van der Waals surface area contributed by atoms with Gasteiger partial charge in [0.2, 0.25) is 0 Å². The molecule has 0 saturated heterocycles. The minimum absolute atomic E-state index is 0.0410. The third-order valence-corrected chi connectivity index (χ3v) is 6.38. The molecule has 2 aromatic carbocycles. The number of benzene rings is 2. The zero-order valence-electron chi connectivity index (χ0n) is 10.1. The van der Waals surface area contributed by atoms with Crippen LogP contribution in [-0.4, -0.2) is 0 Å². The molecule has 118 valence electrons. The van der Waals surface area contributed by atoms with Gasteiger partial charge < -0.3 is 0 Å². The lowest BCUT2D eigenvalue weighted by molar-refractivity contribution is 1.14. The molecule has 1 atom stereocenters. The summed E-state index contributed by atoms with van der Waals surface area (Å²) in [6, 6.07) is 3.00. The average molecular weight is 478 g/mol. The van der Waals surface area contributed by atoms with Crippen LogP contribution >= 0.6 is 104 Å². The molecule has 0 aliphatic heterocycles. The van der Waals surface area contributed by atoms with Gasteiger partial charge in [0.15, 0.2) is 0 Å². The highest BCUT2D eigenvalue weighted by Gasteiger charge is 2.28. The lowest BCUT2D eigenvalue weighted by Crippen LogP contribution is -2.00. The van der Waals surface area contributed by atoms with Crippen molar-refractivity contribution in [3.63, 3.8) is 0 Å². The molecule has 0 saturated carbocycles. The Labute approximate surface area is 172 Å². The number of alkyl halides is 1. The Bertz CT molecular complexity index is 702. The molecule has 0 amide bonds. The van der Waals surface area contributed by atoms with Gasteiger partial charge >= 0.3 is 0 Å². The van der Waals surface area contributed by atoms with Crippen molar-refractivity contribution in [2.75, 3.05) is 0 Å². The lowest BCUT2D eigenvalue weighted by Gasteiger charge is -2.19. The lowest BCUT2D eigenvalue weighted by atomic mass is 10.0. The summed E-state index contributed by atoms with van der Waals surface area (Å²) in [4.78, 5) is 0. The highest BCUT2D eigenvalue weighted by Crippen LogP contribution is 2.51. The van der Waals surface area contributed by atoms with Crippen LogP contribution in [0.25, 0.3) is 0 Å². The minimum atomic E-state index is -0.899. The second kappa shape index (κ2) is 7.52. The Hall–Kier alpha value is 1.05. The fraction of sp³-hybridized carbons (Fsp3) is 0.0769. The van der Waals surface area contributed by atoms with Gasteiger partial charge in [0.05, 0.1) is 30.5 Å². The van der Waals surface area contributed by atoms with Gasteiger partial charge in [-0.3, -0.25) is 0 Å². The van der Waals surface area contributed by atoms with Crippen molar-refractivity contribution in [1.29, 1.82) is 0 Å². The van der Waals surface area contributed by atoms with Crippen molar-refractivity contribution in [1.82, 2.24) is 0 Å². The first-order valence-electron chi connectivity index (χ1n) is 5.46. The Morgan fingerprint density at radius 1 is 0.545 bits per heavy atom. The maximum atomic E-state index is 6.46. The van der Waals surface area contributed by atoms with E-state index in [0.29, 0.717) is 10.6 Å². The van der Waals surface area contributed by atoms with Crippen LogP contribution in [0.2, 0.25) is 40.2 Å². The first-order chi connectivity index (χ1) is 10.2. The van der Waals surface area contributed by atoms with E-state index < -0.39 is 5.38 Å². The van der Waals surface area contributed by atoms with Gasteiger partial charge in [-0.05, 0) is 12.1 Å². The summed E-state index contributed by atoms with van der Waals surface area (Å²) in [7, 11) is 0. The molecule has 0 bridgehead atoms. The molecule has 0 nitrogen and oxygen atoms in total. The Kier molecular flexibility index (Phi) is 6.62. The zero-order valence-corrected chi connectivity index (χ0v) is 16.9. The van der Waals surface area contributed by atoms with Gasteiger partial charge in [0, 0.05) is 26.2 Å². The number of halogens is 9. The number of hydrogen-bond donors (Lipinski definition) is 0. The van der Waals surface area contributed by atoms with Crippen LogP contribution < -0.4 is 0 Å². The molecule has 22 heavy (non-hydrogen) atoms. The van der Waals surface area contributed by atoms with Gasteiger partial charge in [0.25, 0.3) is 0 Å². The first-order valence-corrected chi connectivity index (χ1v) is 8.92. The third-order valence-electron chi connectivity index (χ3n) is 2.79. The van der Waals surface area contributed by atoms with E-state index in [0.717, 1.165) is 0 Å². The summed E-state index contributed by atoms with van der Waals surface area (Å²) >= 11 is 55.1. The van der Waals surface area contributed by atoms with E-state index in [1.165, 1.54) is 12.1 Å².